The number of primary amides is 1. The molecule has 1 aliphatic rings. The fourth-order valence-electron chi connectivity index (χ4n) is 1.96. The van der Waals surface area contributed by atoms with E-state index in [9.17, 15) is 4.79 Å². The molecule has 0 aromatic heterocycles. The molecule has 0 aliphatic carbocycles. The van der Waals surface area contributed by atoms with Crippen LogP contribution in [0.3, 0.4) is 0 Å². The molecule has 3 nitrogen and oxygen atoms in total. The van der Waals surface area contributed by atoms with E-state index in [2.05, 4.69) is 17.4 Å². The smallest absolute Gasteiger partial charge is 0.248 e. The lowest BCUT2D eigenvalue weighted by molar-refractivity contribution is 0.1000. The van der Waals surface area contributed by atoms with Crippen molar-refractivity contribution in [3.8, 4) is 0 Å². The van der Waals surface area contributed by atoms with Gasteiger partial charge in [0.1, 0.15) is 0 Å². The van der Waals surface area contributed by atoms with Crippen LogP contribution < -0.4 is 11.1 Å². The number of nitrogens with one attached hydrogen (secondary N) is 1. The van der Waals surface area contributed by atoms with Crippen LogP contribution in [0.2, 0.25) is 0 Å². The summed E-state index contributed by atoms with van der Waals surface area (Å²) in [4.78, 5) is 13.5. The molecule has 1 aliphatic heterocycles. The molecule has 18 heavy (non-hydrogen) atoms. The Bertz CT molecular complexity index is 625. The van der Waals surface area contributed by atoms with Crippen molar-refractivity contribution in [2.24, 2.45) is 5.73 Å². The summed E-state index contributed by atoms with van der Waals surface area (Å²) in [5, 5.41) is 3.39. The van der Waals surface area contributed by atoms with E-state index in [1.54, 1.807) is 17.8 Å². The first-order chi connectivity index (χ1) is 8.74. The third-order valence-corrected chi connectivity index (χ3v) is 4.10. The van der Waals surface area contributed by atoms with E-state index in [0.717, 1.165) is 22.0 Å². The summed E-state index contributed by atoms with van der Waals surface area (Å²) in [6, 6.07) is 13.8. The maximum Gasteiger partial charge on any atom is 0.248 e. The standard InChI is InChI=1S/C14H12N2OS/c15-14(17)9-5-6-10-8-16-11-3-1-2-4-12(11)18-13(10)7-9/h1-7,16H,8H2,(H2,15,17). The highest BCUT2D eigenvalue weighted by molar-refractivity contribution is 7.99. The zero-order chi connectivity index (χ0) is 12.5. The molecule has 0 spiro atoms. The average Bonchev–Trinajstić information content (AvgIpc) is 2.56. The monoisotopic (exact) mass is 256 g/mol. The Labute approximate surface area is 109 Å². The molecule has 0 radical (unpaired) electrons. The van der Waals surface area contributed by atoms with Gasteiger partial charge in [-0.2, -0.15) is 0 Å². The van der Waals surface area contributed by atoms with E-state index < -0.39 is 0 Å². The second-order valence-corrected chi connectivity index (χ2v) is 5.22. The molecule has 0 fully saturated rings. The molecule has 3 rings (SSSR count). The zero-order valence-corrected chi connectivity index (χ0v) is 10.5. The van der Waals surface area contributed by atoms with E-state index in [4.69, 9.17) is 5.73 Å². The summed E-state index contributed by atoms with van der Waals surface area (Å²) in [6.45, 7) is 0.762. The molecule has 3 N–H and O–H groups in total. The van der Waals surface area contributed by atoms with Gasteiger partial charge in [0, 0.05) is 27.6 Å². The summed E-state index contributed by atoms with van der Waals surface area (Å²) in [7, 11) is 0. The van der Waals surface area contributed by atoms with Crippen LogP contribution in [-0.2, 0) is 6.54 Å². The molecular formula is C14H12N2OS. The van der Waals surface area contributed by atoms with Gasteiger partial charge in [0.15, 0.2) is 0 Å². The van der Waals surface area contributed by atoms with Gasteiger partial charge in [-0.25, -0.2) is 0 Å². The molecule has 1 amide bonds. The topological polar surface area (TPSA) is 55.1 Å². The van der Waals surface area contributed by atoms with Crippen LogP contribution in [0.5, 0.6) is 0 Å². The SMILES string of the molecule is NC(=O)c1ccc2c(c1)Sc1ccccc1NC2. The molecule has 0 unspecified atom stereocenters. The third-order valence-electron chi connectivity index (χ3n) is 2.93. The molecule has 4 heteroatoms. The number of anilines is 1. The highest BCUT2D eigenvalue weighted by atomic mass is 32.2. The van der Waals surface area contributed by atoms with Crippen molar-refractivity contribution in [1.29, 1.82) is 0 Å². The predicted octanol–water partition coefficient (Wildman–Crippen LogP) is 2.86. The lowest BCUT2D eigenvalue weighted by Crippen LogP contribution is -2.11. The van der Waals surface area contributed by atoms with E-state index in [1.807, 2.05) is 24.3 Å². The van der Waals surface area contributed by atoms with Crippen LogP contribution in [0, 0.1) is 0 Å². The lowest BCUT2D eigenvalue weighted by Gasteiger charge is -2.06. The number of carbonyl (C=O) groups excluding carboxylic acids is 1. The van der Waals surface area contributed by atoms with Crippen molar-refractivity contribution >= 4 is 23.4 Å². The van der Waals surface area contributed by atoms with E-state index >= 15 is 0 Å². The molecule has 0 bridgehead atoms. The molecule has 2 aromatic rings. The molecule has 1 heterocycles. The number of rotatable bonds is 1. The first kappa shape index (κ1) is 11.2. The van der Waals surface area contributed by atoms with Gasteiger partial charge in [0.05, 0.1) is 0 Å². The Hall–Kier alpha value is -1.94. The van der Waals surface area contributed by atoms with Gasteiger partial charge in [0.25, 0.3) is 0 Å². The summed E-state index contributed by atoms with van der Waals surface area (Å²) in [5.74, 6) is -0.385. The number of amides is 1. The number of fused-ring (bicyclic) bond motifs is 2. The zero-order valence-electron chi connectivity index (χ0n) is 9.64. The number of nitrogens with two attached hydrogens (primary N) is 1. The minimum atomic E-state index is -0.385. The van der Waals surface area contributed by atoms with Crippen LogP contribution in [0.1, 0.15) is 15.9 Å². The minimum absolute atomic E-state index is 0.385. The maximum atomic E-state index is 11.2. The third kappa shape index (κ3) is 1.95. The van der Waals surface area contributed by atoms with E-state index in [1.165, 1.54) is 5.56 Å². The first-order valence-electron chi connectivity index (χ1n) is 5.67. The van der Waals surface area contributed by atoms with Crippen LogP contribution >= 0.6 is 11.8 Å². The largest absolute Gasteiger partial charge is 0.380 e. The van der Waals surface area contributed by atoms with Crippen molar-refractivity contribution < 1.29 is 4.79 Å². The summed E-state index contributed by atoms with van der Waals surface area (Å²) >= 11 is 1.66. The second-order valence-electron chi connectivity index (χ2n) is 4.14. The van der Waals surface area contributed by atoms with Gasteiger partial charge in [0.2, 0.25) is 5.91 Å². The number of carbonyl (C=O) groups is 1. The van der Waals surface area contributed by atoms with Crippen molar-refractivity contribution in [3.05, 3.63) is 53.6 Å². The number of benzene rings is 2. The number of para-hydroxylation sites is 1. The fourth-order valence-corrected chi connectivity index (χ4v) is 3.05. The minimum Gasteiger partial charge on any atom is -0.380 e. The molecule has 90 valence electrons. The van der Waals surface area contributed by atoms with Crippen molar-refractivity contribution in [3.63, 3.8) is 0 Å². The highest BCUT2D eigenvalue weighted by Gasteiger charge is 2.14. The predicted molar refractivity (Wildman–Crippen MR) is 72.9 cm³/mol. The Balaban J connectivity index is 2.07. The quantitative estimate of drug-likeness (QED) is 0.825. The molecule has 0 saturated heterocycles. The highest BCUT2D eigenvalue weighted by Crippen LogP contribution is 2.38. The first-order valence-corrected chi connectivity index (χ1v) is 6.49. The van der Waals surface area contributed by atoms with Crippen molar-refractivity contribution in [1.82, 2.24) is 0 Å². The van der Waals surface area contributed by atoms with Gasteiger partial charge in [-0.1, -0.05) is 30.0 Å². The Kier molecular flexibility index (Phi) is 2.72. The summed E-state index contributed by atoms with van der Waals surface area (Å²) in [5.41, 5.74) is 8.18. The Morgan fingerprint density at radius 2 is 2.00 bits per heavy atom. The number of hydrogen-bond donors (Lipinski definition) is 2. The van der Waals surface area contributed by atoms with Gasteiger partial charge in [-0.05, 0) is 29.8 Å². The normalized spacial score (nSPS) is 12.9. The van der Waals surface area contributed by atoms with Crippen LogP contribution in [-0.4, -0.2) is 5.91 Å². The summed E-state index contributed by atoms with van der Waals surface area (Å²) < 4.78 is 0. The van der Waals surface area contributed by atoms with Gasteiger partial charge >= 0.3 is 0 Å². The van der Waals surface area contributed by atoms with Crippen LogP contribution in [0.15, 0.2) is 52.3 Å². The number of hydrogen-bond acceptors (Lipinski definition) is 3. The lowest BCUT2D eigenvalue weighted by atomic mass is 10.1. The molecule has 0 atom stereocenters. The maximum absolute atomic E-state index is 11.2. The van der Waals surface area contributed by atoms with Gasteiger partial charge in [-0.15, -0.1) is 0 Å². The molecule has 0 saturated carbocycles. The Morgan fingerprint density at radius 1 is 1.17 bits per heavy atom. The Morgan fingerprint density at radius 3 is 2.83 bits per heavy atom. The van der Waals surface area contributed by atoms with E-state index in [0.29, 0.717) is 5.56 Å². The van der Waals surface area contributed by atoms with Crippen LogP contribution in [0.4, 0.5) is 5.69 Å². The van der Waals surface area contributed by atoms with Gasteiger partial charge < -0.3 is 11.1 Å². The molecule has 2 aromatic carbocycles. The fraction of sp³-hybridized carbons (Fsp3) is 0.0714. The van der Waals surface area contributed by atoms with E-state index in [-0.39, 0.29) is 5.91 Å². The van der Waals surface area contributed by atoms with Gasteiger partial charge in [-0.3, -0.25) is 4.79 Å². The van der Waals surface area contributed by atoms with Crippen LogP contribution in [0.25, 0.3) is 0 Å². The molecular weight excluding hydrogens is 244 g/mol. The summed E-state index contributed by atoms with van der Waals surface area (Å²) in [6.07, 6.45) is 0. The van der Waals surface area contributed by atoms with Crippen molar-refractivity contribution in [2.75, 3.05) is 5.32 Å². The van der Waals surface area contributed by atoms with Crippen molar-refractivity contribution in [2.45, 2.75) is 16.3 Å². The average molecular weight is 256 g/mol. The second kappa shape index (κ2) is 4.38.